The molecule has 3 N–H and O–H groups in total. The van der Waals surface area contributed by atoms with E-state index in [1.807, 2.05) is 6.92 Å². The normalized spacial score (nSPS) is 11.6. The zero-order chi connectivity index (χ0) is 14.9. The molecule has 0 saturated carbocycles. The Morgan fingerprint density at radius 2 is 1.75 bits per heavy atom. The molecule has 120 valence electrons. The molecule has 6 nitrogen and oxygen atoms in total. The first kappa shape index (κ1) is 21.7. The molecule has 0 aromatic carbocycles. The number of nitrogens with one attached hydrogen (secondary N) is 3. The van der Waals surface area contributed by atoms with E-state index in [-0.39, 0.29) is 42.0 Å². The highest BCUT2D eigenvalue weighted by Gasteiger charge is 2.08. The summed E-state index contributed by atoms with van der Waals surface area (Å²) in [5, 5.41) is 9.69. The molecule has 7 heteroatoms. The molecular weight excluding hydrogens is 369 g/mol. The van der Waals surface area contributed by atoms with Crippen LogP contribution in [0.3, 0.4) is 0 Å². The van der Waals surface area contributed by atoms with Gasteiger partial charge in [0.2, 0.25) is 5.91 Å². The van der Waals surface area contributed by atoms with Crippen LogP contribution in [-0.4, -0.2) is 62.6 Å². The maximum atomic E-state index is 11.5. The van der Waals surface area contributed by atoms with Crippen LogP contribution in [0.4, 0.5) is 0 Å². The third-order valence-corrected chi connectivity index (χ3v) is 2.29. The molecule has 0 aromatic heterocycles. The summed E-state index contributed by atoms with van der Waals surface area (Å²) in [5.74, 6) is 0.665. The number of nitrogens with zero attached hydrogens (tertiary/aromatic N) is 2. The van der Waals surface area contributed by atoms with Crippen molar-refractivity contribution in [2.75, 3.05) is 40.3 Å². The third-order valence-electron chi connectivity index (χ3n) is 2.29. The Hall–Kier alpha value is -0.570. The van der Waals surface area contributed by atoms with E-state index >= 15 is 0 Å². The van der Waals surface area contributed by atoms with Gasteiger partial charge < -0.3 is 20.9 Å². The first-order valence-corrected chi connectivity index (χ1v) is 6.73. The minimum atomic E-state index is -0.00924. The molecule has 0 aliphatic rings. The summed E-state index contributed by atoms with van der Waals surface area (Å²) in [6, 6.07) is 0. The minimum absolute atomic E-state index is 0. The highest BCUT2D eigenvalue weighted by atomic mass is 127. The van der Waals surface area contributed by atoms with Crippen molar-refractivity contribution < 1.29 is 4.79 Å². The first-order valence-electron chi connectivity index (χ1n) is 6.73. The van der Waals surface area contributed by atoms with Crippen molar-refractivity contribution in [3.05, 3.63) is 0 Å². The molecule has 0 atom stereocenters. The van der Waals surface area contributed by atoms with Gasteiger partial charge >= 0.3 is 0 Å². The smallest absolute Gasteiger partial charge is 0.243 e. The van der Waals surface area contributed by atoms with Crippen molar-refractivity contribution in [3.63, 3.8) is 0 Å². The van der Waals surface area contributed by atoms with Gasteiger partial charge in [0.05, 0.1) is 0 Å². The Bertz CT molecular complexity index is 300. The summed E-state index contributed by atoms with van der Waals surface area (Å²) in [7, 11) is 3.46. The van der Waals surface area contributed by atoms with Crippen LogP contribution in [0.5, 0.6) is 0 Å². The lowest BCUT2D eigenvalue weighted by Crippen LogP contribution is -2.44. The Kier molecular flexibility index (Phi) is 12.1. The second-order valence-corrected chi connectivity index (χ2v) is 5.59. The molecule has 0 unspecified atom stereocenters. The van der Waals surface area contributed by atoms with Gasteiger partial charge in [-0.3, -0.25) is 4.79 Å². The second-order valence-electron chi connectivity index (χ2n) is 5.59. The topological polar surface area (TPSA) is 68.8 Å². The fourth-order valence-electron chi connectivity index (χ4n) is 1.25. The van der Waals surface area contributed by atoms with E-state index in [1.165, 1.54) is 4.90 Å². The van der Waals surface area contributed by atoms with Gasteiger partial charge in [-0.15, -0.1) is 24.0 Å². The van der Waals surface area contributed by atoms with Gasteiger partial charge in [-0.25, -0.2) is 4.99 Å². The van der Waals surface area contributed by atoms with Crippen molar-refractivity contribution in [1.82, 2.24) is 20.9 Å². The van der Waals surface area contributed by atoms with E-state index in [9.17, 15) is 4.79 Å². The Labute approximate surface area is 140 Å². The molecule has 0 bridgehead atoms. The minimum Gasteiger partial charge on any atom is -0.357 e. The Morgan fingerprint density at radius 3 is 2.20 bits per heavy atom. The van der Waals surface area contributed by atoms with Gasteiger partial charge in [0.25, 0.3) is 0 Å². The molecule has 0 aliphatic carbocycles. The van der Waals surface area contributed by atoms with E-state index in [0.717, 1.165) is 19.6 Å². The SMILES string of the molecule is CCNC(=NCC(=O)N(C)C)NCCNC(C)(C)C.I. The fourth-order valence-corrected chi connectivity index (χ4v) is 1.25. The Balaban J connectivity index is 0. The number of rotatable bonds is 6. The number of hydrogen-bond donors (Lipinski definition) is 3. The third kappa shape index (κ3) is 12.5. The van der Waals surface area contributed by atoms with Crippen LogP contribution in [0.2, 0.25) is 0 Å². The monoisotopic (exact) mass is 399 g/mol. The maximum Gasteiger partial charge on any atom is 0.243 e. The van der Waals surface area contributed by atoms with Gasteiger partial charge in [-0.2, -0.15) is 0 Å². The molecule has 0 radical (unpaired) electrons. The zero-order valence-corrected chi connectivity index (χ0v) is 15.9. The van der Waals surface area contributed by atoms with Gasteiger partial charge in [-0.1, -0.05) is 0 Å². The number of likely N-dealkylation sites (N-methyl/N-ethyl adjacent to an activating group) is 1. The zero-order valence-electron chi connectivity index (χ0n) is 13.5. The largest absolute Gasteiger partial charge is 0.357 e. The molecule has 0 heterocycles. The number of guanidine groups is 1. The van der Waals surface area contributed by atoms with E-state index in [1.54, 1.807) is 14.1 Å². The van der Waals surface area contributed by atoms with Crippen LogP contribution in [-0.2, 0) is 4.79 Å². The molecule has 0 fully saturated rings. The molecule has 0 aliphatic heterocycles. The van der Waals surface area contributed by atoms with Crippen molar-refractivity contribution in [2.24, 2.45) is 4.99 Å². The van der Waals surface area contributed by atoms with E-state index in [2.05, 4.69) is 41.7 Å². The fraction of sp³-hybridized carbons (Fsp3) is 0.846. The van der Waals surface area contributed by atoms with Gasteiger partial charge in [0, 0.05) is 39.3 Å². The predicted molar refractivity (Wildman–Crippen MR) is 95.8 cm³/mol. The maximum absolute atomic E-state index is 11.5. The number of halogens is 1. The Morgan fingerprint density at radius 1 is 1.15 bits per heavy atom. The summed E-state index contributed by atoms with van der Waals surface area (Å²) in [5.41, 5.74) is 0.109. The van der Waals surface area contributed by atoms with Crippen molar-refractivity contribution in [1.29, 1.82) is 0 Å². The lowest BCUT2D eigenvalue weighted by molar-refractivity contribution is -0.127. The summed E-state index contributed by atoms with van der Waals surface area (Å²) in [4.78, 5) is 17.2. The number of carbonyl (C=O) groups is 1. The summed E-state index contributed by atoms with van der Waals surface area (Å²) in [6.07, 6.45) is 0. The van der Waals surface area contributed by atoms with Crippen LogP contribution >= 0.6 is 24.0 Å². The van der Waals surface area contributed by atoms with Crippen molar-refractivity contribution >= 4 is 35.8 Å². The molecule has 1 amide bonds. The van der Waals surface area contributed by atoms with Gasteiger partial charge in [-0.05, 0) is 27.7 Å². The lowest BCUT2D eigenvalue weighted by atomic mass is 10.1. The lowest BCUT2D eigenvalue weighted by Gasteiger charge is -2.21. The predicted octanol–water partition coefficient (Wildman–Crippen LogP) is 0.636. The van der Waals surface area contributed by atoms with Gasteiger partial charge in [0.1, 0.15) is 6.54 Å². The number of hydrogen-bond acceptors (Lipinski definition) is 3. The van der Waals surface area contributed by atoms with Crippen LogP contribution < -0.4 is 16.0 Å². The summed E-state index contributed by atoms with van der Waals surface area (Å²) in [6.45, 7) is 10.9. The molecule has 0 rings (SSSR count). The van der Waals surface area contributed by atoms with Crippen LogP contribution in [0, 0.1) is 0 Å². The summed E-state index contributed by atoms with van der Waals surface area (Å²) >= 11 is 0. The van der Waals surface area contributed by atoms with E-state index in [4.69, 9.17) is 0 Å². The molecule has 0 aromatic rings. The quantitative estimate of drug-likeness (QED) is 0.265. The molecule has 0 saturated heterocycles. The average Bonchev–Trinajstić information content (AvgIpc) is 2.29. The van der Waals surface area contributed by atoms with E-state index < -0.39 is 0 Å². The first-order chi connectivity index (χ1) is 8.76. The highest BCUT2D eigenvalue weighted by Crippen LogP contribution is 1.96. The van der Waals surface area contributed by atoms with Crippen molar-refractivity contribution in [2.45, 2.75) is 33.2 Å². The number of carbonyl (C=O) groups excluding carboxylic acids is 1. The number of aliphatic imine (C=N–C) groups is 1. The van der Waals surface area contributed by atoms with E-state index in [0.29, 0.717) is 5.96 Å². The van der Waals surface area contributed by atoms with Gasteiger partial charge in [0.15, 0.2) is 5.96 Å². The van der Waals surface area contributed by atoms with Crippen LogP contribution in [0.1, 0.15) is 27.7 Å². The van der Waals surface area contributed by atoms with Crippen molar-refractivity contribution in [3.8, 4) is 0 Å². The summed E-state index contributed by atoms with van der Waals surface area (Å²) < 4.78 is 0. The molecule has 0 spiro atoms. The molecular formula is C13H30IN5O. The van der Waals surface area contributed by atoms with Crippen LogP contribution in [0.15, 0.2) is 4.99 Å². The molecule has 20 heavy (non-hydrogen) atoms. The van der Waals surface area contributed by atoms with Crippen LogP contribution in [0.25, 0.3) is 0 Å². The highest BCUT2D eigenvalue weighted by molar-refractivity contribution is 14.0. The number of amides is 1. The second kappa shape index (κ2) is 11.1. The standard InChI is InChI=1S/C13H29N5O.HI/c1-7-14-12(16-10-11(19)18(5)6)15-8-9-17-13(2,3)4;/h17H,7-10H2,1-6H3,(H2,14,15,16);1H. The average molecular weight is 399 g/mol.